The SMILES string of the molecule is C[C@H]1CCCC[C@H]1NC(=O)/C(C#N)=C/c1cc(C(C)(C)C)c(O)c(C(C)(C)C)c1. The fraction of sp³-hybridized carbons (Fsp3) is 0.600. The Morgan fingerprint density at radius 3 is 2.07 bits per heavy atom. The van der Waals surface area contributed by atoms with Crippen LogP contribution in [0, 0.1) is 17.2 Å². The molecule has 0 heterocycles. The minimum absolute atomic E-state index is 0.105. The van der Waals surface area contributed by atoms with Crippen LogP contribution in [0.1, 0.15) is 90.8 Å². The van der Waals surface area contributed by atoms with Crippen molar-refractivity contribution in [2.24, 2.45) is 5.92 Å². The predicted molar refractivity (Wildman–Crippen MR) is 119 cm³/mol. The summed E-state index contributed by atoms with van der Waals surface area (Å²) in [5.74, 6) is 0.413. The second-order valence-electron chi connectivity index (χ2n) is 10.5. The van der Waals surface area contributed by atoms with Gasteiger partial charge in [0.05, 0.1) is 0 Å². The lowest BCUT2D eigenvalue weighted by Crippen LogP contribution is -2.41. The number of nitrogens with zero attached hydrogens (tertiary/aromatic N) is 1. The number of aromatic hydroxyl groups is 1. The highest BCUT2D eigenvalue weighted by atomic mass is 16.3. The van der Waals surface area contributed by atoms with E-state index in [4.69, 9.17) is 0 Å². The molecule has 0 aliphatic heterocycles. The van der Waals surface area contributed by atoms with Crippen LogP contribution in [0.3, 0.4) is 0 Å². The molecule has 158 valence electrons. The van der Waals surface area contributed by atoms with Gasteiger partial charge in [0.2, 0.25) is 0 Å². The molecule has 0 radical (unpaired) electrons. The van der Waals surface area contributed by atoms with Gasteiger partial charge in [-0.1, -0.05) is 61.3 Å². The highest BCUT2D eigenvalue weighted by molar-refractivity contribution is 6.01. The van der Waals surface area contributed by atoms with Gasteiger partial charge in [0, 0.05) is 17.2 Å². The molecule has 1 saturated carbocycles. The number of nitriles is 1. The third kappa shape index (κ3) is 5.63. The van der Waals surface area contributed by atoms with Gasteiger partial charge in [-0.3, -0.25) is 4.79 Å². The third-order valence-electron chi connectivity index (χ3n) is 5.85. The van der Waals surface area contributed by atoms with Gasteiger partial charge in [0.15, 0.2) is 0 Å². The van der Waals surface area contributed by atoms with Gasteiger partial charge in [0.25, 0.3) is 5.91 Å². The number of carbonyl (C=O) groups excluding carboxylic acids is 1. The van der Waals surface area contributed by atoms with Gasteiger partial charge >= 0.3 is 0 Å². The average molecular weight is 397 g/mol. The van der Waals surface area contributed by atoms with E-state index in [1.807, 2.05) is 53.7 Å². The standard InChI is InChI=1S/C25H36N2O2/c1-16-10-8-9-11-21(16)27-23(29)18(15-26)12-17-13-19(24(2,3)4)22(28)20(14-17)25(5,6)7/h12-14,16,21,28H,8-11H2,1-7H3,(H,27,29)/b18-12+/t16-,21+/m0/s1. The van der Waals surface area contributed by atoms with Crippen molar-refractivity contribution in [1.29, 1.82) is 5.26 Å². The molecule has 2 atom stereocenters. The largest absolute Gasteiger partial charge is 0.507 e. The lowest BCUT2D eigenvalue weighted by atomic mass is 9.78. The van der Waals surface area contributed by atoms with Gasteiger partial charge < -0.3 is 10.4 Å². The number of nitrogens with one attached hydrogen (secondary N) is 1. The number of phenols is 1. The summed E-state index contributed by atoms with van der Waals surface area (Å²) in [4.78, 5) is 12.8. The van der Waals surface area contributed by atoms with Crippen LogP contribution in [0.4, 0.5) is 0 Å². The molecule has 29 heavy (non-hydrogen) atoms. The van der Waals surface area contributed by atoms with Crippen LogP contribution in [-0.4, -0.2) is 17.1 Å². The van der Waals surface area contributed by atoms with Crippen molar-refractivity contribution in [3.05, 3.63) is 34.4 Å². The van der Waals surface area contributed by atoms with Crippen LogP contribution >= 0.6 is 0 Å². The van der Waals surface area contributed by atoms with Crippen LogP contribution in [0.5, 0.6) is 5.75 Å². The molecule has 1 amide bonds. The maximum Gasteiger partial charge on any atom is 0.262 e. The second kappa shape index (κ2) is 8.61. The maximum absolute atomic E-state index is 12.8. The highest BCUT2D eigenvalue weighted by Gasteiger charge is 2.27. The molecule has 0 saturated heterocycles. The lowest BCUT2D eigenvalue weighted by Gasteiger charge is -2.29. The van der Waals surface area contributed by atoms with Crippen LogP contribution in [0.25, 0.3) is 6.08 Å². The zero-order valence-electron chi connectivity index (χ0n) is 19.0. The number of hydrogen-bond donors (Lipinski definition) is 2. The van der Waals surface area contributed by atoms with Crippen LogP contribution < -0.4 is 5.32 Å². The Kier molecular flexibility index (Phi) is 6.83. The second-order valence-corrected chi connectivity index (χ2v) is 10.5. The molecule has 2 N–H and O–H groups in total. The number of hydrogen-bond acceptors (Lipinski definition) is 3. The molecule has 4 nitrogen and oxygen atoms in total. The van der Waals surface area contributed by atoms with E-state index in [0.717, 1.165) is 36.0 Å². The Balaban J connectivity index is 2.44. The monoisotopic (exact) mass is 396 g/mol. The summed E-state index contributed by atoms with van der Waals surface area (Å²) in [6, 6.07) is 5.97. The van der Waals surface area contributed by atoms with Crippen molar-refractivity contribution in [2.45, 2.75) is 91.0 Å². The normalized spacial score (nSPS) is 20.8. The summed E-state index contributed by atoms with van der Waals surface area (Å²) in [5, 5.41) is 23.6. The molecule has 1 aliphatic carbocycles. The third-order valence-corrected chi connectivity index (χ3v) is 5.85. The fourth-order valence-corrected chi connectivity index (χ4v) is 3.98. The van der Waals surface area contributed by atoms with Gasteiger partial charge in [0.1, 0.15) is 17.4 Å². The fourth-order valence-electron chi connectivity index (χ4n) is 3.98. The van der Waals surface area contributed by atoms with Crippen molar-refractivity contribution in [1.82, 2.24) is 5.32 Å². The molecular formula is C25H36N2O2. The topological polar surface area (TPSA) is 73.1 Å². The van der Waals surface area contributed by atoms with Crippen LogP contribution in [0.2, 0.25) is 0 Å². The molecule has 1 aromatic rings. The van der Waals surface area contributed by atoms with Crippen LogP contribution in [-0.2, 0) is 15.6 Å². The van der Waals surface area contributed by atoms with E-state index in [0.29, 0.717) is 11.7 Å². The van der Waals surface area contributed by atoms with Crippen molar-refractivity contribution in [3.8, 4) is 11.8 Å². The molecule has 4 heteroatoms. The van der Waals surface area contributed by atoms with Gasteiger partial charge in [-0.25, -0.2) is 0 Å². The van der Waals surface area contributed by atoms with Gasteiger partial charge in [-0.15, -0.1) is 0 Å². The zero-order chi connectivity index (χ0) is 22.0. The summed E-state index contributed by atoms with van der Waals surface area (Å²) in [7, 11) is 0. The lowest BCUT2D eigenvalue weighted by molar-refractivity contribution is -0.118. The zero-order valence-corrected chi connectivity index (χ0v) is 19.0. The minimum Gasteiger partial charge on any atom is -0.507 e. The summed E-state index contributed by atoms with van der Waals surface area (Å²) < 4.78 is 0. The average Bonchev–Trinajstić information content (AvgIpc) is 2.60. The maximum atomic E-state index is 12.8. The van der Waals surface area contributed by atoms with Crippen LogP contribution in [0.15, 0.2) is 17.7 Å². The summed E-state index contributed by atoms with van der Waals surface area (Å²) in [5.41, 5.74) is 1.97. The van der Waals surface area contributed by atoms with E-state index in [-0.39, 0.29) is 28.4 Å². The van der Waals surface area contributed by atoms with Crippen molar-refractivity contribution >= 4 is 12.0 Å². The Morgan fingerprint density at radius 2 is 1.62 bits per heavy atom. The van der Waals surface area contributed by atoms with E-state index in [1.165, 1.54) is 6.42 Å². The van der Waals surface area contributed by atoms with Crippen molar-refractivity contribution in [2.75, 3.05) is 0 Å². The quantitative estimate of drug-likeness (QED) is 0.517. The van der Waals surface area contributed by atoms with E-state index in [1.54, 1.807) is 6.08 Å². The van der Waals surface area contributed by atoms with Crippen molar-refractivity contribution < 1.29 is 9.90 Å². The Hall–Kier alpha value is -2.28. The molecule has 0 bridgehead atoms. The van der Waals surface area contributed by atoms with Crippen molar-refractivity contribution in [3.63, 3.8) is 0 Å². The van der Waals surface area contributed by atoms with Gasteiger partial charge in [-0.05, 0) is 53.4 Å². The Bertz CT molecular complexity index is 797. The molecule has 0 unspecified atom stereocenters. The number of rotatable bonds is 3. The number of amides is 1. The van der Waals surface area contributed by atoms with E-state index in [9.17, 15) is 15.2 Å². The first-order valence-electron chi connectivity index (χ1n) is 10.6. The molecule has 1 fully saturated rings. The first kappa shape index (κ1) is 23.0. The first-order chi connectivity index (χ1) is 13.3. The minimum atomic E-state index is -0.311. The molecule has 0 spiro atoms. The molecular weight excluding hydrogens is 360 g/mol. The smallest absolute Gasteiger partial charge is 0.262 e. The number of phenolic OH excluding ortho intramolecular Hbond substituents is 1. The molecule has 1 aliphatic rings. The van der Waals surface area contributed by atoms with E-state index in [2.05, 4.69) is 18.3 Å². The number of carbonyl (C=O) groups is 1. The number of benzene rings is 1. The Morgan fingerprint density at radius 1 is 1.10 bits per heavy atom. The molecule has 2 rings (SSSR count). The molecule has 0 aromatic heterocycles. The Labute approximate surface area is 176 Å². The summed E-state index contributed by atoms with van der Waals surface area (Å²) in [6.07, 6.45) is 6.04. The highest BCUT2D eigenvalue weighted by Crippen LogP contribution is 2.40. The summed E-state index contributed by atoms with van der Waals surface area (Å²) in [6.45, 7) is 14.4. The van der Waals surface area contributed by atoms with E-state index < -0.39 is 0 Å². The van der Waals surface area contributed by atoms with Gasteiger partial charge in [-0.2, -0.15) is 5.26 Å². The predicted octanol–water partition coefficient (Wildman–Crippen LogP) is 5.59. The van der Waals surface area contributed by atoms with E-state index >= 15 is 0 Å². The summed E-state index contributed by atoms with van der Waals surface area (Å²) >= 11 is 0. The molecule has 1 aromatic carbocycles. The first-order valence-corrected chi connectivity index (χ1v) is 10.6.